The lowest BCUT2D eigenvalue weighted by Gasteiger charge is -2.30. The Morgan fingerprint density at radius 2 is 0.889 bits per heavy atom. The summed E-state index contributed by atoms with van der Waals surface area (Å²) in [7, 11) is 4.22. The molecule has 0 heterocycles. The fraction of sp³-hybridized carbons (Fsp3) is 0.400. The molecule has 0 N–H and O–H groups in total. The van der Waals surface area contributed by atoms with Crippen molar-refractivity contribution in [2.45, 2.75) is 0 Å². The van der Waals surface area contributed by atoms with Crippen LogP contribution in [-0.2, 0) is 0 Å². The highest BCUT2D eigenvalue weighted by molar-refractivity contribution is 7.60. The highest BCUT2D eigenvalue weighted by atomic mass is 31.1. The van der Waals surface area contributed by atoms with Gasteiger partial charge < -0.3 is 0 Å². The average molecular weight is 286 g/mol. The summed E-state index contributed by atoms with van der Waals surface area (Å²) in [6.45, 7) is 0. The Bertz CT molecular complexity index is 427. The van der Waals surface area contributed by atoms with Crippen molar-refractivity contribution in [3.8, 4) is 0 Å². The number of rotatable bonds is 3. The van der Waals surface area contributed by atoms with Gasteiger partial charge in [-0.1, -0.05) is 0 Å². The van der Waals surface area contributed by atoms with Crippen LogP contribution in [0.3, 0.4) is 0 Å². The minimum Gasteiger partial charge on any atom is -0.272 e. The summed E-state index contributed by atoms with van der Waals surface area (Å²) < 4.78 is 69.2. The zero-order valence-corrected chi connectivity index (χ0v) is 11.1. The van der Waals surface area contributed by atoms with Crippen molar-refractivity contribution in [3.63, 3.8) is 0 Å². The van der Waals surface area contributed by atoms with Gasteiger partial charge in [0.1, 0.15) is 0 Å². The molecule has 0 aliphatic heterocycles. The van der Waals surface area contributed by atoms with E-state index >= 15 is 0 Å². The quantitative estimate of drug-likeness (QED) is 0.364. The fourth-order valence-electron chi connectivity index (χ4n) is 1.53. The minimum atomic E-state index is -2.14. The van der Waals surface area contributed by atoms with Crippen LogP contribution in [0.5, 0.6) is 0 Å². The largest absolute Gasteiger partial charge is 0.272 e. The lowest BCUT2D eigenvalue weighted by molar-refractivity contribution is 0.383. The molecule has 1 rings (SSSR count). The molecule has 0 fully saturated rings. The van der Waals surface area contributed by atoms with Gasteiger partial charge in [-0.2, -0.15) is 0 Å². The van der Waals surface area contributed by atoms with E-state index in [0.29, 0.717) is 0 Å². The van der Waals surface area contributed by atoms with E-state index in [1.54, 1.807) is 0 Å². The second kappa shape index (κ2) is 5.47. The monoisotopic (exact) mass is 286 g/mol. The molecule has 102 valence electrons. The van der Waals surface area contributed by atoms with Gasteiger partial charge in [0.15, 0.2) is 23.3 Å². The first-order valence-corrected chi connectivity index (χ1v) is 6.10. The highest BCUT2D eigenvalue weighted by Gasteiger charge is 2.32. The van der Waals surface area contributed by atoms with Crippen molar-refractivity contribution in [3.05, 3.63) is 29.1 Å². The van der Waals surface area contributed by atoms with Gasteiger partial charge in [0.25, 0.3) is 0 Å². The second-order valence-electron chi connectivity index (χ2n) is 3.90. The number of nitrogens with zero attached hydrogens (tertiary/aromatic N) is 2. The lowest BCUT2D eigenvalue weighted by atomic mass is 10.3. The Labute approximate surface area is 103 Å². The van der Waals surface area contributed by atoms with Crippen molar-refractivity contribution in [2.75, 3.05) is 28.2 Å². The molecular formula is C10H12F5N2P. The Morgan fingerprint density at radius 1 is 0.611 bits per heavy atom. The number of halogens is 5. The van der Waals surface area contributed by atoms with Crippen molar-refractivity contribution in [1.82, 2.24) is 9.34 Å². The maximum atomic E-state index is 13.6. The van der Waals surface area contributed by atoms with Crippen LogP contribution in [0.2, 0.25) is 0 Å². The van der Waals surface area contributed by atoms with Crippen LogP contribution in [-0.4, -0.2) is 37.5 Å². The molecule has 2 nitrogen and oxygen atoms in total. The van der Waals surface area contributed by atoms with Crippen LogP contribution in [0.1, 0.15) is 0 Å². The molecule has 0 amide bonds. The molecule has 0 aliphatic rings. The van der Waals surface area contributed by atoms with Gasteiger partial charge in [-0.3, -0.25) is 9.34 Å². The molecule has 1 aromatic rings. The van der Waals surface area contributed by atoms with Gasteiger partial charge in [0.05, 0.1) is 13.5 Å². The average Bonchev–Trinajstić information content (AvgIpc) is 2.28. The van der Waals surface area contributed by atoms with E-state index < -0.39 is 42.6 Å². The second-order valence-corrected chi connectivity index (χ2v) is 6.53. The van der Waals surface area contributed by atoms with Gasteiger partial charge in [-0.05, 0) is 28.2 Å². The minimum absolute atomic E-state index is 0.795. The topological polar surface area (TPSA) is 6.48 Å². The molecule has 1 aromatic carbocycles. The van der Waals surface area contributed by atoms with Gasteiger partial charge in [0, 0.05) is 0 Å². The predicted molar refractivity (Wildman–Crippen MR) is 60.2 cm³/mol. The third kappa shape index (κ3) is 2.48. The summed E-state index contributed by atoms with van der Waals surface area (Å²) >= 11 is 0. The third-order valence-electron chi connectivity index (χ3n) is 2.14. The van der Waals surface area contributed by atoms with E-state index in [-0.39, 0.29) is 0 Å². The van der Waals surface area contributed by atoms with Crippen LogP contribution in [0, 0.1) is 29.1 Å². The Morgan fingerprint density at radius 3 is 1.17 bits per heavy atom. The smallest absolute Gasteiger partial charge is 0.200 e. The molecule has 0 saturated carbocycles. The summed E-state index contributed by atoms with van der Waals surface area (Å²) in [4.78, 5) is 0. The van der Waals surface area contributed by atoms with Crippen LogP contribution < -0.4 is 5.30 Å². The third-order valence-corrected chi connectivity index (χ3v) is 4.45. The van der Waals surface area contributed by atoms with Gasteiger partial charge >= 0.3 is 0 Å². The molecule has 0 radical (unpaired) electrons. The normalized spacial score (nSPS) is 12.0. The Kier molecular flexibility index (Phi) is 4.64. The van der Waals surface area contributed by atoms with Crippen molar-refractivity contribution < 1.29 is 22.0 Å². The summed E-state index contributed by atoms with van der Waals surface area (Å²) in [5.41, 5.74) is 0. The summed E-state index contributed by atoms with van der Waals surface area (Å²) in [5.74, 6) is -9.53. The molecule has 8 heteroatoms. The molecule has 0 spiro atoms. The van der Waals surface area contributed by atoms with Gasteiger partial charge in [0.2, 0.25) is 5.82 Å². The van der Waals surface area contributed by atoms with Crippen LogP contribution in [0.15, 0.2) is 0 Å². The lowest BCUT2D eigenvalue weighted by Crippen LogP contribution is -2.30. The number of hydrogen-bond donors (Lipinski definition) is 0. The van der Waals surface area contributed by atoms with Crippen LogP contribution in [0.4, 0.5) is 22.0 Å². The zero-order chi connectivity index (χ0) is 14.2. The van der Waals surface area contributed by atoms with E-state index in [1.807, 2.05) is 0 Å². The molecule has 0 bridgehead atoms. The van der Waals surface area contributed by atoms with Crippen LogP contribution >= 0.6 is 8.22 Å². The van der Waals surface area contributed by atoms with Crippen molar-refractivity contribution in [1.29, 1.82) is 0 Å². The van der Waals surface area contributed by atoms with E-state index in [1.165, 1.54) is 37.5 Å². The molecule has 0 atom stereocenters. The first-order chi connectivity index (χ1) is 8.20. The van der Waals surface area contributed by atoms with Gasteiger partial charge in [-0.25, -0.2) is 22.0 Å². The zero-order valence-electron chi connectivity index (χ0n) is 10.2. The van der Waals surface area contributed by atoms with Crippen molar-refractivity contribution >= 4 is 13.5 Å². The Hall–Kier alpha value is -0.780. The first-order valence-electron chi connectivity index (χ1n) is 4.86. The van der Waals surface area contributed by atoms with Crippen LogP contribution in [0.25, 0.3) is 0 Å². The van der Waals surface area contributed by atoms with E-state index in [2.05, 4.69) is 0 Å². The predicted octanol–water partition coefficient (Wildman–Crippen LogP) is 2.44. The van der Waals surface area contributed by atoms with E-state index in [9.17, 15) is 22.0 Å². The van der Waals surface area contributed by atoms with E-state index in [4.69, 9.17) is 0 Å². The summed E-state index contributed by atoms with van der Waals surface area (Å²) in [5, 5.41) is -0.795. The standard InChI is InChI=1S/C10H12F5N2P/c1-16(2)18(17(3)4)10-8(14)6(12)5(11)7(13)9(10)15/h1-4H3. The molecule has 0 unspecified atom stereocenters. The maximum Gasteiger partial charge on any atom is 0.200 e. The molecular weight excluding hydrogens is 274 g/mol. The fourth-order valence-corrected chi connectivity index (χ4v) is 3.59. The molecule has 18 heavy (non-hydrogen) atoms. The number of hydrogen-bond acceptors (Lipinski definition) is 2. The first kappa shape index (κ1) is 15.3. The Balaban J connectivity index is 3.58. The van der Waals surface area contributed by atoms with Crippen molar-refractivity contribution in [2.24, 2.45) is 0 Å². The summed E-state index contributed by atoms with van der Waals surface area (Å²) in [6, 6.07) is 0. The SMILES string of the molecule is CN(C)P(c1c(F)c(F)c(F)c(F)c1F)N(C)C. The molecule has 0 saturated heterocycles. The van der Waals surface area contributed by atoms with Gasteiger partial charge in [-0.15, -0.1) is 0 Å². The maximum absolute atomic E-state index is 13.6. The molecule has 0 aliphatic carbocycles. The summed E-state index contributed by atoms with van der Waals surface area (Å²) in [6.07, 6.45) is 0. The van der Waals surface area contributed by atoms with E-state index in [0.717, 1.165) is 0 Å². The molecule has 0 aromatic heterocycles. The highest BCUT2D eigenvalue weighted by Crippen LogP contribution is 2.41. The number of benzene rings is 1.